The molecule has 18 heavy (non-hydrogen) atoms. The average molecular weight is 271 g/mol. The summed E-state index contributed by atoms with van der Waals surface area (Å²) in [5, 5.41) is -0.275. The Morgan fingerprint density at radius 1 is 1.06 bits per heavy atom. The second-order valence-electron chi connectivity index (χ2n) is 4.99. The maximum absolute atomic E-state index is 6.21. The van der Waals surface area contributed by atoms with Gasteiger partial charge in [0, 0.05) is 19.8 Å². The van der Waals surface area contributed by atoms with Crippen molar-refractivity contribution in [2.24, 2.45) is 5.92 Å². The summed E-state index contributed by atoms with van der Waals surface area (Å²) < 4.78 is 11.0. The minimum Gasteiger partial charge on any atom is -0.348 e. The molecule has 0 saturated heterocycles. The molecule has 1 rings (SSSR count). The molecule has 0 N–H and O–H groups in total. The number of methoxy groups -OCH3 is 2. The molecule has 0 amide bonds. The lowest BCUT2D eigenvalue weighted by molar-refractivity contribution is -0.214. The summed E-state index contributed by atoms with van der Waals surface area (Å²) in [5.41, 5.74) is 2.26. The van der Waals surface area contributed by atoms with Gasteiger partial charge >= 0.3 is 0 Å². The highest BCUT2D eigenvalue weighted by Crippen LogP contribution is 2.33. The van der Waals surface area contributed by atoms with E-state index >= 15 is 0 Å². The van der Waals surface area contributed by atoms with Gasteiger partial charge in [-0.2, -0.15) is 0 Å². The first kappa shape index (κ1) is 15.5. The highest BCUT2D eigenvalue weighted by atomic mass is 35.5. The third-order valence-electron chi connectivity index (χ3n) is 3.13. The van der Waals surface area contributed by atoms with Crippen LogP contribution in [-0.4, -0.2) is 19.6 Å². The summed E-state index contributed by atoms with van der Waals surface area (Å²) in [6.07, 6.45) is 1.07. The van der Waals surface area contributed by atoms with Gasteiger partial charge in [-0.3, -0.25) is 0 Å². The molecule has 0 spiro atoms. The van der Waals surface area contributed by atoms with Crippen LogP contribution in [0.25, 0.3) is 0 Å². The maximum atomic E-state index is 6.21. The van der Waals surface area contributed by atoms with Crippen LogP contribution in [0.3, 0.4) is 0 Å². The van der Waals surface area contributed by atoms with E-state index in [1.165, 1.54) is 5.56 Å². The first-order valence-electron chi connectivity index (χ1n) is 6.30. The predicted octanol–water partition coefficient (Wildman–Crippen LogP) is 3.96. The fourth-order valence-corrected chi connectivity index (χ4v) is 2.52. The topological polar surface area (TPSA) is 18.5 Å². The zero-order chi connectivity index (χ0) is 13.8. The number of hydrogen-bond acceptors (Lipinski definition) is 2. The van der Waals surface area contributed by atoms with E-state index in [0.29, 0.717) is 5.92 Å². The van der Waals surface area contributed by atoms with E-state index in [9.17, 15) is 0 Å². The van der Waals surface area contributed by atoms with Crippen molar-refractivity contribution in [3.63, 3.8) is 0 Å². The second kappa shape index (κ2) is 6.55. The second-order valence-corrected chi connectivity index (χ2v) is 5.64. The molecule has 0 aliphatic heterocycles. The average Bonchev–Trinajstić information content (AvgIpc) is 2.32. The molecule has 102 valence electrons. The van der Waals surface area contributed by atoms with Crippen molar-refractivity contribution in [3.05, 3.63) is 35.4 Å². The summed E-state index contributed by atoms with van der Waals surface area (Å²) in [7, 11) is 3.23. The highest BCUT2D eigenvalue weighted by molar-refractivity contribution is 6.21. The number of alkyl halides is 1. The molecule has 0 heterocycles. The SMILES string of the molecule is COC(OC)(c1ccc(CC(C)C)cc1)C(C)Cl. The van der Waals surface area contributed by atoms with Crippen LogP contribution in [-0.2, 0) is 21.7 Å². The minimum absolute atomic E-state index is 0.275. The van der Waals surface area contributed by atoms with Gasteiger partial charge in [0.2, 0.25) is 5.79 Å². The van der Waals surface area contributed by atoms with Crippen LogP contribution in [0, 0.1) is 5.92 Å². The van der Waals surface area contributed by atoms with Crippen molar-refractivity contribution in [2.45, 2.75) is 38.4 Å². The van der Waals surface area contributed by atoms with Crippen molar-refractivity contribution in [2.75, 3.05) is 14.2 Å². The van der Waals surface area contributed by atoms with Crippen LogP contribution < -0.4 is 0 Å². The van der Waals surface area contributed by atoms with Gasteiger partial charge < -0.3 is 9.47 Å². The van der Waals surface area contributed by atoms with Crippen LogP contribution in [0.2, 0.25) is 0 Å². The van der Waals surface area contributed by atoms with E-state index in [2.05, 4.69) is 26.0 Å². The summed E-state index contributed by atoms with van der Waals surface area (Å²) >= 11 is 6.21. The Kier molecular flexibility index (Phi) is 5.64. The number of rotatable bonds is 6. The van der Waals surface area contributed by atoms with E-state index in [1.807, 2.05) is 19.1 Å². The van der Waals surface area contributed by atoms with E-state index in [4.69, 9.17) is 21.1 Å². The Balaban J connectivity index is 3.01. The van der Waals surface area contributed by atoms with Crippen molar-refractivity contribution >= 4 is 11.6 Å². The molecule has 1 unspecified atom stereocenters. The van der Waals surface area contributed by atoms with E-state index in [0.717, 1.165) is 12.0 Å². The molecule has 0 aliphatic rings. The third-order valence-corrected chi connectivity index (χ3v) is 3.42. The van der Waals surface area contributed by atoms with Gasteiger partial charge in [-0.15, -0.1) is 11.6 Å². The van der Waals surface area contributed by atoms with E-state index in [1.54, 1.807) is 14.2 Å². The molecule has 1 aromatic carbocycles. The van der Waals surface area contributed by atoms with Crippen LogP contribution in [0.5, 0.6) is 0 Å². The molecule has 0 aromatic heterocycles. The monoisotopic (exact) mass is 270 g/mol. The number of ether oxygens (including phenoxy) is 2. The summed E-state index contributed by atoms with van der Waals surface area (Å²) in [6, 6.07) is 8.29. The lowest BCUT2D eigenvalue weighted by atomic mass is 9.97. The largest absolute Gasteiger partial charge is 0.348 e. The van der Waals surface area contributed by atoms with Crippen molar-refractivity contribution in [1.29, 1.82) is 0 Å². The molecule has 0 bridgehead atoms. The zero-order valence-electron chi connectivity index (χ0n) is 11.9. The molecule has 0 radical (unpaired) electrons. The van der Waals surface area contributed by atoms with Crippen LogP contribution in [0.15, 0.2) is 24.3 Å². The van der Waals surface area contributed by atoms with Gasteiger partial charge in [-0.25, -0.2) is 0 Å². The summed E-state index contributed by atoms with van der Waals surface area (Å²) in [5.74, 6) is -0.227. The van der Waals surface area contributed by atoms with Crippen LogP contribution >= 0.6 is 11.6 Å². The fourth-order valence-electron chi connectivity index (χ4n) is 2.22. The van der Waals surface area contributed by atoms with Crippen molar-refractivity contribution in [1.82, 2.24) is 0 Å². The zero-order valence-corrected chi connectivity index (χ0v) is 12.6. The first-order valence-corrected chi connectivity index (χ1v) is 6.73. The molecule has 0 saturated carbocycles. The van der Waals surface area contributed by atoms with Gasteiger partial charge in [-0.05, 0) is 24.8 Å². The lowest BCUT2D eigenvalue weighted by Gasteiger charge is -2.33. The van der Waals surface area contributed by atoms with Crippen molar-refractivity contribution < 1.29 is 9.47 Å². The van der Waals surface area contributed by atoms with E-state index in [-0.39, 0.29) is 5.38 Å². The molecule has 0 aliphatic carbocycles. The normalized spacial score (nSPS) is 13.9. The Morgan fingerprint density at radius 2 is 1.56 bits per heavy atom. The summed E-state index contributed by atoms with van der Waals surface area (Å²) in [6.45, 7) is 6.29. The van der Waals surface area contributed by atoms with Crippen LogP contribution in [0.1, 0.15) is 31.9 Å². The molecule has 0 fully saturated rings. The Labute approximate surface area is 115 Å². The Hall–Kier alpha value is -0.570. The molecular formula is C15H23ClO2. The fraction of sp³-hybridized carbons (Fsp3) is 0.600. The van der Waals surface area contributed by atoms with Crippen LogP contribution in [0.4, 0.5) is 0 Å². The first-order chi connectivity index (χ1) is 8.46. The predicted molar refractivity (Wildman–Crippen MR) is 76.0 cm³/mol. The summed E-state index contributed by atoms with van der Waals surface area (Å²) in [4.78, 5) is 0. The van der Waals surface area contributed by atoms with E-state index < -0.39 is 5.79 Å². The standard InChI is InChI=1S/C15H23ClO2/c1-11(2)10-13-6-8-14(9-7-13)15(17-4,18-5)12(3)16/h6-9,11-12H,10H2,1-5H3. The number of benzene rings is 1. The molecule has 1 aromatic rings. The van der Waals surface area contributed by atoms with Gasteiger partial charge in [0.05, 0.1) is 5.38 Å². The molecular weight excluding hydrogens is 248 g/mol. The lowest BCUT2D eigenvalue weighted by Crippen LogP contribution is -2.38. The highest BCUT2D eigenvalue weighted by Gasteiger charge is 2.37. The molecule has 1 atom stereocenters. The Morgan fingerprint density at radius 3 is 1.89 bits per heavy atom. The van der Waals surface area contributed by atoms with Gasteiger partial charge in [-0.1, -0.05) is 38.1 Å². The Bertz CT molecular complexity index is 353. The smallest absolute Gasteiger partial charge is 0.210 e. The number of halogens is 1. The minimum atomic E-state index is -0.877. The third kappa shape index (κ3) is 3.25. The van der Waals surface area contributed by atoms with Gasteiger partial charge in [0.25, 0.3) is 0 Å². The van der Waals surface area contributed by atoms with Gasteiger partial charge in [0.1, 0.15) is 0 Å². The van der Waals surface area contributed by atoms with Gasteiger partial charge in [0.15, 0.2) is 0 Å². The maximum Gasteiger partial charge on any atom is 0.210 e. The van der Waals surface area contributed by atoms with Crippen molar-refractivity contribution in [3.8, 4) is 0 Å². The molecule has 2 nitrogen and oxygen atoms in total. The quantitative estimate of drug-likeness (QED) is 0.575. The molecule has 3 heteroatoms. The number of hydrogen-bond donors (Lipinski definition) is 0.